The number of halogens is 3. The van der Waals surface area contributed by atoms with E-state index in [9.17, 15) is 22.8 Å². The number of pyridine rings is 2. The Hall–Kier alpha value is -3.69. The Morgan fingerprint density at radius 3 is 2.70 bits per heavy atom. The Morgan fingerprint density at radius 1 is 1.17 bits per heavy atom. The Labute approximate surface area is 167 Å². The van der Waals surface area contributed by atoms with E-state index in [0.29, 0.717) is 22.0 Å². The highest BCUT2D eigenvalue weighted by molar-refractivity contribution is 5.91. The largest absolute Gasteiger partial charge is 0.433 e. The zero-order valence-corrected chi connectivity index (χ0v) is 15.7. The topological polar surface area (TPSA) is 90.0 Å². The van der Waals surface area contributed by atoms with Crippen LogP contribution in [0, 0.1) is 6.92 Å². The van der Waals surface area contributed by atoms with Gasteiger partial charge in [0.2, 0.25) is 5.91 Å². The van der Waals surface area contributed by atoms with Gasteiger partial charge in [-0.05, 0) is 42.8 Å². The number of carbonyl (C=O) groups is 1. The minimum absolute atomic E-state index is 0.0573. The van der Waals surface area contributed by atoms with Gasteiger partial charge in [-0.3, -0.25) is 9.36 Å². The fourth-order valence-electron chi connectivity index (χ4n) is 3.13. The van der Waals surface area contributed by atoms with Crippen molar-refractivity contribution in [2.24, 2.45) is 0 Å². The molecule has 10 heteroatoms. The lowest BCUT2D eigenvalue weighted by atomic mass is 10.1. The number of nitrogens with one attached hydrogen (secondary N) is 1. The summed E-state index contributed by atoms with van der Waals surface area (Å²) >= 11 is 0. The molecule has 154 valence electrons. The van der Waals surface area contributed by atoms with Crippen molar-refractivity contribution in [3.05, 3.63) is 64.3 Å². The molecule has 4 rings (SSSR count). The van der Waals surface area contributed by atoms with Crippen LogP contribution in [0.1, 0.15) is 17.7 Å². The first-order valence-corrected chi connectivity index (χ1v) is 8.96. The van der Waals surface area contributed by atoms with Crippen LogP contribution < -0.4 is 11.1 Å². The van der Waals surface area contributed by atoms with E-state index in [1.54, 1.807) is 30.3 Å². The molecule has 0 unspecified atom stereocenters. The predicted octanol–water partition coefficient (Wildman–Crippen LogP) is 3.89. The summed E-state index contributed by atoms with van der Waals surface area (Å²) in [7, 11) is 0. The van der Waals surface area contributed by atoms with Crippen molar-refractivity contribution in [2.45, 2.75) is 26.1 Å². The van der Waals surface area contributed by atoms with E-state index in [1.165, 1.54) is 17.6 Å². The standard InChI is InChI=1S/C20H15F3N4O3/c1-11-10-15(20(21,22)23)24-18-12(11)6-7-16(26-18)25-17(28)8-9-27-13-4-2-3-5-14(13)30-19(27)29/h2-7,10H,8-9H2,1H3,(H,24,25,26,28). The van der Waals surface area contributed by atoms with E-state index in [-0.39, 0.29) is 24.4 Å². The summed E-state index contributed by atoms with van der Waals surface area (Å²) in [5.41, 5.74) is 0.204. The third-order valence-corrected chi connectivity index (χ3v) is 4.57. The monoisotopic (exact) mass is 416 g/mol. The van der Waals surface area contributed by atoms with E-state index in [2.05, 4.69) is 15.3 Å². The summed E-state index contributed by atoms with van der Waals surface area (Å²) in [5, 5.41) is 2.98. The summed E-state index contributed by atoms with van der Waals surface area (Å²) in [6.45, 7) is 1.61. The zero-order valence-electron chi connectivity index (χ0n) is 15.7. The summed E-state index contributed by atoms with van der Waals surface area (Å²) < 4.78 is 45.4. The van der Waals surface area contributed by atoms with E-state index in [1.807, 2.05) is 0 Å². The van der Waals surface area contributed by atoms with Gasteiger partial charge in [0.15, 0.2) is 11.2 Å². The van der Waals surface area contributed by atoms with Crippen molar-refractivity contribution >= 4 is 33.9 Å². The van der Waals surface area contributed by atoms with Crippen LogP contribution in [0.15, 0.2) is 51.7 Å². The number of aromatic nitrogens is 3. The lowest BCUT2D eigenvalue weighted by Gasteiger charge is -2.10. The van der Waals surface area contributed by atoms with Gasteiger partial charge in [0.1, 0.15) is 11.5 Å². The van der Waals surface area contributed by atoms with Crippen LogP contribution in [0.5, 0.6) is 0 Å². The highest BCUT2D eigenvalue weighted by Gasteiger charge is 2.33. The highest BCUT2D eigenvalue weighted by Crippen LogP contribution is 2.30. The summed E-state index contributed by atoms with van der Waals surface area (Å²) in [6.07, 6.45) is -4.65. The average molecular weight is 416 g/mol. The van der Waals surface area contributed by atoms with Gasteiger partial charge in [-0.1, -0.05) is 12.1 Å². The molecular weight excluding hydrogens is 401 g/mol. The SMILES string of the molecule is Cc1cc(C(F)(F)F)nc2nc(NC(=O)CCn3c(=O)oc4ccccc43)ccc12. The van der Waals surface area contributed by atoms with Crippen LogP contribution in [-0.2, 0) is 17.5 Å². The highest BCUT2D eigenvalue weighted by atomic mass is 19.4. The molecule has 3 heterocycles. The maximum absolute atomic E-state index is 13.0. The number of alkyl halides is 3. The van der Waals surface area contributed by atoms with Gasteiger partial charge in [-0.25, -0.2) is 14.8 Å². The van der Waals surface area contributed by atoms with Crippen LogP contribution in [0.2, 0.25) is 0 Å². The van der Waals surface area contributed by atoms with Gasteiger partial charge < -0.3 is 9.73 Å². The zero-order chi connectivity index (χ0) is 21.5. The van der Waals surface area contributed by atoms with Crippen molar-refractivity contribution in [3.8, 4) is 0 Å². The van der Waals surface area contributed by atoms with Crippen molar-refractivity contribution in [3.63, 3.8) is 0 Å². The van der Waals surface area contributed by atoms with Gasteiger partial charge >= 0.3 is 11.9 Å². The minimum atomic E-state index is -4.60. The fourth-order valence-corrected chi connectivity index (χ4v) is 3.13. The number of carbonyl (C=O) groups excluding carboxylic acids is 1. The minimum Gasteiger partial charge on any atom is -0.408 e. The molecule has 0 aliphatic rings. The Balaban J connectivity index is 1.52. The number of fused-ring (bicyclic) bond motifs is 2. The lowest BCUT2D eigenvalue weighted by Crippen LogP contribution is -2.20. The number of rotatable bonds is 4. The molecule has 0 spiro atoms. The number of anilines is 1. The van der Waals surface area contributed by atoms with E-state index in [4.69, 9.17) is 4.42 Å². The molecule has 0 bridgehead atoms. The second-order valence-corrected chi connectivity index (χ2v) is 6.68. The van der Waals surface area contributed by atoms with Gasteiger partial charge in [0, 0.05) is 18.4 Å². The molecule has 0 fully saturated rings. The Bertz CT molecular complexity index is 1320. The van der Waals surface area contributed by atoms with Gasteiger partial charge in [-0.15, -0.1) is 0 Å². The molecule has 4 aromatic rings. The molecule has 1 aromatic carbocycles. The van der Waals surface area contributed by atoms with Crippen molar-refractivity contribution in [1.82, 2.24) is 14.5 Å². The number of para-hydroxylation sites is 2. The average Bonchev–Trinajstić information content (AvgIpc) is 3.00. The first-order valence-electron chi connectivity index (χ1n) is 8.96. The third kappa shape index (κ3) is 3.76. The number of hydrogen-bond acceptors (Lipinski definition) is 5. The van der Waals surface area contributed by atoms with Gasteiger partial charge in [0.05, 0.1) is 5.52 Å². The molecule has 0 saturated carbocycles. The number of benzene rings is 1. The second-order valence-electron chi connectivity index (χ2n) is 6.68. The summed E-state index contributed by atoms with van der Waals surface area (Å²) in [4.78, 5) is 31.8. The van der Waals surface area contributed by atoms with E-state index in [0.717, 1.165) is 6.07 Å². The van der Waals surface area contributed by atoms with Gasteiger partial charge in [-0.2, -0.15) is 13.2 Å². The summed E-state index contributed by atoms with van der Waals surface area (Å²) in [5.74, 6) is -0.960. The lowest BCUT2D eigenvalue weighted by molar-refractivity contribution is -0.141. The van der Waals surface area contributed by atoms with Crippen LogP contribution in [0.25, 0.3) is 22.1 Å². The van der Waals surface area contributed by atoms with Crippen molar-refractivity contribution in [1.29, 1.82) is 0 Å². The predicted molar refractivity (Wildman–Crippen MR) is 103 cm³/mol. The summed E-state index contributed by atoms with van der Waals surface area (Å²) in [6, 6.07) is 10.8. The van der Waals surface area contributed by atoms with Crippen LogP contribution >= 0.6 is 0 Å². The maximum Gasteiger partial charge on any atom is 0.433 e. The quantitative estimate of drug-likeness (QED) is 0.545. The first-order chi connectivity index (χ1) is 14.2. The van der Waals surface area contributed by atoms with E-state index < -0.39 is 23.5 Å². The van der Waals surface area contributed by atoms with Crippen molar-refractivity contribution < 1.29 is 22.4 Å². The normalized spacial score (nSPS) is 11.9. The van der Waals surface area contributed by atoms with Crippen LogP contribution in [0.4, 0.5) is 19.0 Å². The van der Waals surface area contributed by atoms with Crippen LogP contribution in [-0.4, -0.2) is 20.4 Å². The first kappa shape index (κ1) is 19.6. The Kier molecular flexibility index (Phi) is 4.76. The number of nitrogens with zero attached hydrogens (tertiary/aromatic N) is 3. The molecule has 1 N–H and O–H groups in total. The molecule has 0 radical (unpaired) electrons. The van der Waals surface area contributed by atoms with Crippen molar-refractivity contribution in [2.75, 3.05) is 5.32 Å². The maximum atomic E-state index is 13.0. The Morgan fingerprint density at radius 2 is 1.93 bits per heavy atom. The number of amides is 1. The molecule has 0 aliphatic heterocycles. The molecule has 7 nitrogen and oxygen atoms in total. The number of oxazole rings is 1. The smallest absolute Gasteiger partial charge is 0.408 e. The third-order valence-electron chi connectivity index (χ3n) is 4.57. The molecule has 1 amide bonds. The molecule has 3 aromatic heterocycles. The van der Waals surface area contributed by atoms with Crippen LogP contribution in [0.3, 0.4) is 0 Å². The molecule has 0 saturated heterocycles. The molecule has 30 heavy (non-hydrogen) atoms. The fraction of sp³-hybridized carbons (Fsp3) is 0.200. The molecule has 0 aliphatic carbocycles. The van der Waals surface area contributed by atoms with Gasteiger partial charge in [0.25, 0.3) is 0 Å². The number of aryl methyl sites for hydroxylation is 2. The molecule has 0 atom stereocenters. The second kappa shape index (κ2) is 7.29. The molecular formula is C20H15F3N4O3. The van der Waals surface area contributed by atoms with E-state index >= 15 is 0 Å². The number of hydrogen-bond donors (Lipinski definition) is 1.